The molecule has 0 unspecified atom stereocenters. The molecule has 0 saturated heterocycles. The molecule has 4 nitrogen and oxygen atoms in total. The van der Waals surface area contributed by atoms with Crippen LogP contribution in [0.4, 0.5) is 0 Å². The maximum absolute atomic E-state index is 9.55. The zero-order valence-electron chi connectivity index (χ0n) is 19.0. The van der Waals surface area contributed by atoms with Gasteiger partial charge in [-0.25, -0.2) is 0 Å². The van der Waals surface area contributed by atoms with Gasteiger partial charge in [-0.1, -0.05) is 103 Å². The smallest absolute Gasteiger partial charge is 0.511 e. The van der Waals surface area contributed by atoms with Gasteiger partial charge >= 0.3 is 7.32 Å². The minimum atomic E-state index is -1.94. The summed E-state index contributed by atoms with van der Waals surface area (Å²) in [6, 6.07) is 42.6. The summed E-state index contributed by atoms with van der Waals surface area (Å²) in [7, 11) is -1.94. The van der Waals surface area contributed by atoms with Crippen molar-refractivity contribution in [2.24, 2.45) is 0 Å². The minimum absolute atomic E-state index is 0.338. The molecule has 0 bridgehead atoms. The van der Waals surface area contributed by atoms with Crippen molar-refractivity contribution in [1.82, 2.24) is 4.98 Å². The van der Waals surface area contributed by atoms with E-state index in [2.05, 4.69) is 77.8 Å². The third-order valence-electron chi connectivity index (χ3n) is 6.21. The largest absolute Gasteiger partial charge is 0.707 e. The van der Waals surface area contributed by atoms with Crippen molar-refractivity contribution in [1.29, 1.82) is 0 Å². The monoisotopic (exact) mass is 457 g/mol. The van der Waals surface area contributed by atoms with E-state index in [-0.39, 0.29) is 0 Å². The van der Waals surface area contributed by atoms with Gasteiger partial charge in [0.25, 0.3) is 0 Å². The molecule has 0 radical (unpaired) electrons. The van der Waals surface area contributed by atoms with E-state index in [1.165, 1.54) is 0 Å². The summed E-state index contributed by atoms with van der Waals surface area (Å²) in [5, 5.41) is 19.1. The first-order valence-corrected chi connectivity index (χ1v) is 11.4. The fourth-order valence-electron chi connectivity index (χ4n) is 4.77. The van der Waals surface area contributed by atoms with E-state index in [0.29, 0.717) is 17.0 Å². The van der Waals surface area contributed by atoms with Gasteiger partial charge in [0.05, 0.1) is 11.1 Å². The van der Waals surface area contributed by atoms with Gasteiger partial charge < -0.3 is 14.7 Å². The summed E-state index contributed by atoms with van der Waals surface area (Å²) < 4.78 is 5.36. The minimum Gasteiger partial charge on any atom is -0.511 e. The first-order valence-electron chi connectivity index (χ1n) is 11.4. The number of hydrogen-bond acceptors (Lipinski definition) is 4. The van der Waals surface area contributed by atoms with E-state index >= 15 is 0 Å². The van der Waals surface area contributed by atoms with E-state index in [0.717, 1.165) is 22.3 Å². The Morgan fingerprint density at radius 1 is 0.571 bits per heavy atom. The van der Waals surface area contributed by atoms with Crippen LogP contribution in [0.1, 0.15) is 22.3 Å². The first-order chi connectivity index (χ1) is 17.2. The van der Waals surface area contributed by atoms with Crippen molar-refractivity contribution in [2.45, 2.75) is 5.41 Å². The molecule has 4 aromatic carbocycles. The molecule has 35 heavy (non-hydrogen) atoms. The van der Waals surface area contributed by atoms with Crippen molar-refractivity contribution in [3.63, 3.8) is 0 Å². The molecule has 0 aliphatic carbocycles. The Bertz CT molecular complexity index is 1280. The molecule has 2 N–H and O–H groups in total. The van der Waals surface area contributed by atoms with Crippen LogP contribution in [0.3, 0.4) is 0 Å². The molecule has 5 rings (SSSR count). The summed E-state index contributed by atoms with van der Waals surface area (Å²) in [6.45, 7) is 0. The SMILES string of the molecule is OB(O)Oc1ccc(C(c2ccccc2)(c2ccccc2)c2ccccc2)cc1-c1ccccn1. The molecular formula is C30H24BNO3. The van der Waals surface area contributed by atoms with Crippen LogP contribution in [-0.2, 0) is 5.41 Å². The van der Waals surface area contributed by atoms with Crippen LogP contribution < -0.4 is 4.65 Å². The van der Waals surface area contributed by atoms with Crippen molar-refractivity contribution in [3.8, 4) is 17.0 Å². The molecule has 0 atom stereocenters. The predicted octanol–water partition coefficient (Wildman–Crippen LogP) is 5.48. The summed E-state index contributed by atoms with van der Waals surface area (Å²) >= 11 is 0. The highest BCUT2D eigenvalue weighted by Gasteiger charge is 2.38. The normalized spacial score (nSPS) is 11.1. The Kier molecular flexibility index (Phi) is 6.44. The Labute approximate surface area is 205 Å². The zero-order valence-corrected chi connectivity index (χ0v) is 19.0. The van der Waals surface area contributed by atoms with E-state index in [1.54, 1.807) is 12.3 Å². The second-order valence-corrected chi connectivity index (χ2v) is 8.22. The first kappa shape index (κ1) is 22.6. The van der Waals surface area contributed by atoms with Crippen LogP contribution in [0, 0.1) is 0 Å². The predicted molar refractivity (Wildman–Crippen MR) is 139 cm³/mol. The maximum atomic E-state index is 9.55. The lowest BCUT2D eigenvalue weighted by atomic mass is 9.65. The third-order valence-corrected chi connectivity index (χ3v) is 6.21. The number of aromatic nitrogens is 1. The second kappa shape index (κ2) is 9.98. The molecule has 0 amide bonds. The lowest BCUT2D eigenvalue weighted by Crippen LogP contribution is -2.31. The number of rotatable bonds is 7. The topological polar surface area (TPSA) is 62.6 Å². The highest BCUT2D eigenvalue weighted by molar-refractivity contribution is 6.34. The summed E-state index contributed by atoms with van der Waals surface area (Å²) in [4.78, 5) is 4.52. The fourth-order valence-corrected chi connectivity index (χ4v) is 4.77. The highest BCUT2D eigenvalue weighted by Crippen LogP contribution is 2.47. The van der Waals surface area contributed by atoms with Crippen LogP contribution in [0.25, 0.3) is 11.3 Å². The number of hydrogen-bond donors (Lipinski definition) is 2. The van der Waals surface area contributed by atoms with Crippen LogP contribution in [0.2, 0.25) is 0 Å². The number of benzene rings is 4. The molecule has 1 aromatic heterocycles. The van der Waals surface area contributed by atoms with Crippen molar-refractivity contribution >= 4 is 7.32 Å². The van der Waals surface area contributed by atoms with Gasteiger partial charge in [0, 0.05) is 11.8 Å². The van der Waals surface area contributed by atoms with Crippen LogP contribution in [0.15, 0.2) is 134 Å². The van der Waals surface area contributed by atoms with Gasteiger partial charge in [0.15, 0.2) is 0 Å². The van der Waals surface area contributed by atoms with Gasteiger partial charge in [-0.2, -0.15) is 0 Å². The Balaban J connectivity index is 1.86. The van der Waals surface area contributed by atoms with E-state index in [1.807, 2.05) is 48.5 Å². The molecule has 0 fully saturated rings. The number of pyridine rings is 1. The molecular weight excluding hydrogens is 433 g/mol. The summed E-state index contributed by atoms with van der Waals surface area (Å²) in [5.74, 6) is 0.338. The second-order valence-electron chi connectivity index (χ2n) is 8.22. The number of nitrogens with zero attached hydrogens (tertiary/aromatic N) is 1. The molecule has 0 aliphatic rings. The molecule has 1 heterocycles. The third kappa shape index (κ3) is 4.35. The molecule has 0 spiro atoms. The fraction of sp³-hybridized carbons (Fsp3) is 0.0333. The summed E-state index contributed by atoms with van der Waals surface area (Å²) in [5.41, 5.74) is 5.04. The molecule has 170 valence electrons. The van der Waals surface area contributed by atoms with E-state index < -0.39 is 12.7 Å². The van der Waals surface area contributed by atoms with E-state index in [9.17, 15) is 10.0 Å². The Hall–Kier alpha value is -4.19. The van der Waals surface area contributed by atoms with Crippen molar-refractivity contribution in [3.05, 3.63) is 156 Å². The zero-order chi connectivity index (χ0) is 24.1. The molecule has 5 heteroatoms. The van der Waals surface area contributed by atoms with Gasteiger partial charge in [0.2, 0.25) is 0 Å². The van der Waals surface area contributed by atoms with Crippen LogP contribution in [-0.4, -0.2) is 22.4 Å². The quantitative estimate of drug-likeness (QED) is 0.251. The molecule has 0 saturated carbocycles. The Morgan fingerprint density at radius 2 is 1.09 bits per heavy atom. The summed E-state index contributed by atoms with van der Waals surface area (Å²) in [6.07, 6.45) is 1.71. The maximum Gasteiger partial charge on any atom is 0.707 e. The standard InChI is InChI=1S/C30H24BNO3/c33-31(34)35-29-20-19-26(22-27(29)28-18-10-11-21-32-28)30(23-12-4-1-5-13-23,24-14-6-2-7-15-24)25-16-8-3-9-17-25/h1-22,33-34H. The van der Waals surface area contributed by atoms with Gasteiger partial charge in [-0.3, -0.25) is 4.98 Å². The molecule has 5 aromatic rings. The van der Waals surface area contributed by atoms with Crippen LogP contribution in [0.5, 0.6) is 5.75 Å². The van der Waals surface area contributed by atoms with Crippen molar-refractivity contribution < 1.29 is 14.7 Å². The van der Waals surface area contributed by atoms with Crippen molar-refractivity contribution in [2.75, 3.05) is 0 Å². The van der Waals surface area contributed by atoms with Gasteiger partial charge in [0.1, 0.15) is 5.75 Å². The molecule has 0 aliphatic heterocycles. The van der Waals surface area contributed by atoms with Gasteiger partial charge in [-0.05, 0) is 46.5 Å². The average Bonchev–Trinajstić information content (AvgIpc) is 2.92. The lowest BCUT2D eigenvalue weighted by Gasteiger charge is -2.37. The van der Waals surface area contributed by atoms with Crippen LogP contribution >= 0.6 is 0 Å². The lowest BCUT2D eigenvalue weighted by molar-refractivity contribution is 0.288. The average molecular weight is 457 g/mol. The highest BCUT2D eigenvalue weighted by atomic mass is 16.6. The van der Waals surface area contributed by atoms with Gasteiger partial charge in [-0.15, -0.1) is 0 Å². The Morgan fingerprint density at radius 3 is 1.54 bits per heavy atom. The van der Waals surface area contributed by atoms with E-state index in [4.69, 9.17) is 4.65 Å².